The van der Waals surface area contributed by atoms with Crippen molar-refractivity contribution < 1.29 is 0 Å². The van der Waals surface area contributed by atoms with Gasteiger partial charge in [-0.05, 0) is 42.3 Å². The molecule has 0 radical (unpaired) electrons. The maximum absolute atomic E-state index is 9.27. The fraction of sp³-hybridized carbons (Fsp3) is 0.174. The highest BCUT2D eigenvalue weighted by molar-refractivity contribution is 5.70. The summed E-state index contributed by atoms with van der Waals surface area (Å²) >= 11 is 0. The van der Waals surface area contributed by atoms with Crippen LogP contribution in [0.25, 0.3) is 11.1 Å². The molecule has 0 saturated carbocycles. The van der Waals surface area contributed by atoms with E-state index < -0.39 is 0 Å². The van der Waals surface area contributed by atoms with Gasteiger partial charge in [-0.25, -0.2) is 0 Å². The summed E-state index contributed by atoms with van der Waals surface area (Å²) in [6.07, 6.45) is 0. The number of hydrogen-bond donors (Lipinski definition) is 0. The maximum atomic E-state index is 9.27. The molecule has 3 aromatic rings. The van der Waals surface area contributed by atoms with Crippen LogP contribution in [0.3, 0.4) is 0 Å². The summed E-state index contributed by atoms with van der Waals surface area (Å²) in [6, 6.07) is 29.4. The van der Waals surface area contributed by atoms with Crippen LogP contribution in [-0.2, 0) is 6.54 Å². The average molecular weight is 326 g/mol. The fourth-order valence-corrected chi connectivity index (χ4v) is 3.03. The van der Waals surface area contributed by atoms with Crippen LogP contribution in [0.15, 0.2) is 78.9 Å². The Hall–Kier alpha value is -2.89. The number of rotatable bonds is 5. The van der Waals surface area contributed by atoms with Crippen molar-refractivity contribution in [3.05, 3.63) is 95.6 Å². The van der Waals surface area contributed by atoms with Gasteiger partial charge in [-0.1, -0.05) is 72.8 Å². The largest absolute Gasteiger partial charge is 0.295 e. The third-order valence-corrected chi connectivity index (χ3v) is 4.69. The smallest absolute Gasteiger partial charge is 0.0998 e. The molecule has 2 nitrogen and oxygen atoms in total. The van der Waals surface area contributed by atoms with E-state index >= 15 is 0 Å². The lowest BCUT2D eigenvalue weighted by Gasteiger charge is -2.25. The Labute approximate surface area is 150 Å². The summed E-state index contributed by atoms with van der Waals surface area (Å²) in [5.74, 6) is 0. The van der Waals surface area contributed by atoms with Gasteiger partial charge in [-0.2, -0.15) is 5.26 Å². The van der Waals surface area contributed by atoms with Crippen molar-refractivity contribution in [3.63, 3.8) is 0 Å². The molecule has 0 amide bonds. The van der Waals surface area contributed by atoms with E-state index in [1.165, 1.54) is 11.1 Å². The van der Waals surface area contributed by atoms with Crippen molar-refractivity contribution in [2.45, 2.75) is 19.5 Å². The number of hydrogen-bond acceptors (Lipinski definition) is 2. The molecule has 3 aromatic carbocycles. The lowest BCUT2D eigenvalue weighted by molar-refractivity contribution is 0.253. The molecule has 0 saturated heterocycles. The molecule has 0 aromatic heterocycles. The number of nitriles is 1. The van der Waals surface area contributed by atoms with Crippen molar-refractivity contribution in [1.29, 1.82) is 5.26 Å². The standard InChI is InChI=1S/C23H22N2/c1-18(20-8-4-3-5-9-20)25(2)17-19-12-14-21(15-13-19)23-11-7-6-10-22(23)16-24/h3-15,18H,17H2,1-2H3. The number of benzene rings is 3. The highest BCUT2D eigenvalue weighted by Gasteiger charge is 2.12. The van der Waals surface area contributed by atoms with E-state index in [2.05, 4.69) is 73.5 Å². The summed E-state index contributed by atoms with van der Waals surface area (Å²) in [4.78, 5) is 2.34. The van der Waals surface area contributed by atoms with Gasteiger partial charge >= 0.3 is 0 Å². The van der Waals surface area contributed by atoms with E-state index in [1.807, 2.05) is 30.3 Å². The molecule has 0 bridgehead atoms. The van der Waals surface area contributed by atoms with Gasteiger partial charge < -0.3 is 0 Å². The van der Waals surface area contributed by atoms with Gasteiger partial charge in [0.15, 0.2) is 0 Å². The Morgan fingerprint density at radius 1 is 0.880 bits per heavy atom. The summed E-state index contributed by atoms with van der Waals surface area (Å²) in [5.41, 5.74) is 5.38. The Morgan fingerprint density at radius 3 is 2.20 bits per heavy atom. The van der Waals surface area contributed by atoms with Gasteiger partial charge in [-0.3, -0.25) is 4.90 Å². The molecule has 0 N–H and O–H groups in total. The molecular weight excluding hydrogens is 304 g/mol. The van der Waals surface area contributed by atoms with Gasteiger partial charge in [0.1, 0.15) is 0 Å². The van der Waals surface area contributed by atoms with Crippen LogP contribution in [0.4, 0.5) is 0 Å². The van der Waals surface area contributed by atoms with Gasteiger partial charge in [0, 0.05) is 12.6 Å². The topological polar surface area (TPSA) is 27.0 Å². The second-order valence-electron chi connectivity index (χ2n) is 6.36. The zero-order valence-electron chi connectivity index (χ0n) is 14.7. The summed E-state index contributed by atoms with van der Waals surface area (Å²) < 4.78 is 0. The summed E-state index contributed by atoms with van der Waals surface area (Å²) in [5, 5.41) is 9.27. The zero-order chi connectivity index (χ0) is 17.6. The summed E-state index contributed by atoms with van der Waals surface area (Å²) in [6.45, 7) is 3.11. The molecule has 0 aliphatic carbocycles. The molecule has 0 fully saturated rings. The highest BCUT2D eigenvalue weighted by Crippen LogP contribution is 2.25. The zero-order valence-corrected chi connectivity index (χ0v) is 14.7. The molecular formula is C23H22N2. The Balaban J connectivity index is 1.74. The van der Waals surface area contributed by atoms with Crippen LogP contribution < -0.4 is 0 Å². The molecule has 0 spiro atoms. The highest BCUT2D eigenvalue weighted by atomic mass is 15.1. The Bertz CT molecular complexity index is 861. The predicted octanol–water partition coefficient (Wildman–Crippen LogP) is 5.42. The normalized spacial score (nSPS) is 11.9. The average Bonchev–Trinajstić information content (AvgIpc) is 2.68. The first kappa shape index (κ1) is 17.0. The second kappa shape index (κ2) is 7.79. The maximum Gasteiger partial charge on any atom is 0.0998 e. The molecule has 2 heteroatoms. The fourth-order valence-electron chi connectivity index (χ4n) is 3.03. The molecule has 0 aliphatic rings. The Kier molecular flexibility index (Phi) is 5.28. The minimum atomic E-state index is 0.361. The van der Waals surface area contributed by atoms with Crippen molar-refractivity contribution in [2.24, 2.45) is 0 Å². The van der Waals surface area contributed by atoms with E-state index in [1.54, 1.807) is 0 Å². The first-order valence-corrected chi connectivity index (χ1v) is 8.52. The summed E-state index contributed by atoms with van der Waals surface area (Å²) in [7, 11) is 2.15. The first-order valence-electron chi connectivity index (χ1n) is 8.52. The first-order chi connectivity index (χ1) is 12.2. The molecule has 0 aliphatic heterocycles. The van der Waals surface area contributed by atoms with Crippen LogP contribution in [0.5, 0.6) is 0 Å². The van der Waals surface area contributed by atoms with Crippen LogP contribution in [0.1, 0.15) is 29.7 Å². The third kappa shape index (κ3) is 3.96. The van der Waals surface area contributed by atoms with E-state index in [4.69, 9.17) is 0 Å². The third-order valence-electron chi connectivity index (χ3n) is 4.69. The van der Waals surface area contributed by atoms with E-state index in [0.29, 0.717) is 11.6 Å². The Morgan fingerprint density at radius 2 is 1.52 bits per heavy atom. The predicted molar refractivity (Wildman–Crippen MR) is 103 cm³/mol. The van der Waals surface area contributed by atoms with Gasteiger partial charge in [0.05, 0.1) is 11.6 Å². The monoisotopic (exact) mass is 326 g/mol. The molecule has 3 rings (SSSR count). The van der Waals surface area contributed by atoms with E-state index in [0.717, 1.165) is 17.7 Å². The van der Waals surface area contributed by atoms with Gasteiger partial charge in [0.2, 0.25) is 0 Å². The van der Waals surface area contributed by atoms with E-state index in [-0.39, 0.29) is 0 Å². The van der Waals surface area contributed by atoms with Gasteiger partial charge in [0.25, 0.3) is 0 Å². The van der Waals surface area contributed by atoms with E-state index in [9.17, 15) is 5.26 Å². The minimum Gasteiger partial charge on any atom is -0.295 e. The molecule has 124 valence electrons. The second-order valence-corrected chi connectivity index (χ2v) is 6.36. The lowest BCUT2D eigenvalue weighted by Crippen LogP contribution is -2.21. The quantitative estimate of drug-likeness (QED) is 0.626. The van der Waals surface area contributed by atoms with Crippen LogP contribution in [0.2, 0.25) is 0 Å². The van der Waals surface area contributed by atoms with Crippen molar-refractivity contribution in [3.8, 4) is 17.2 Å². The van der Waals surface area contributed by atoms with Crippen molar-refractivity contribution >= 4 is 0 Å². The molecule has 1 unspecified atom stereocenters. The number of nitrogens with zero attached hydrogens (tertiary/aromatic N) is 2. The van der Waals surface area contributed by atoms with Gasteiger partial charge in [-0.15, -0.1) is 0 Å². The lowest BCUT2D eigenvalue weighted by atomic mass is 9.99. The van der Waals surface area contributed by atoms with Crippen LogP contribution in [0, 0.1) is 11.3 Å². The van der Waals surface area contributed by atoms with Crippen LogP contribution in [-0.4, -0.2) is 11.9 Å². The SMILES string of the molecule is CC(c1ccccc1)N(C)Cc1ccc(-c2ccccc2C#N)cc1. The van der Waals surface area contributed by atoms with Crippen LogP contribution >= 0.6 is 0 Å². The molecule has 0 heterocycles. The molecule has 25 heavy (non-hydrogen) atoms. The minimum absolute atomic E-state index is 0.361. The van der Waals surface area contributed by atoms with Crippen molar-refractivity contribution in [1.82, 2.24) is 4.90 Å². The van der Waals surface area contributed by atoms with Crippen molar-refractivity contribution in [2.75, 3.05) is 7.05 Å². The molecule has 1 atom stereocenters.